The highest BCUT2D eigenvalue weighted by atomic mass is 32.1. The number of carboxylic acid groups (broad SMARTS) is 1. The maximum Gasteiger partial charge on any atom is 0.306 e. The van der Waals surface area contributed by atoms with E-state index in [0.29, 0.717) is 31.1 Å². The van der Waals surface area contributed by atoms with Crippen LogP contribution >= 0.6 is 11.3 Å². The lowest BCUT2D eigenvalue weighted by Gasteiger charge is -2.31. The Balaban J connectivity index is 1.40. The summed E-state index contributed by atoms with van der Waals surface area (Å²) in [6.07, 6.45) is 3.50. The summed E-state index contributed by atoms with van der Waals surface area (Å²) in [4.78, 5) is 27.9. The topological polar surface area (TPSA) is 95.9 Å². The molecule has 1 amide bonds. The van der Waals surface area contributed by atoms with Gasteiger partial charge in [0.1, 0.15) is 23.2 Å². The number of amides is 1. The van der Waals surface area contributed by atoms with E-state index in [0.717, 1.165) is 41.5 Å². The molecule has 2 aliphatic rings. The molecule has 10 heteroatoms. The number of anilines is 1. The van der Waals surface area contributed by atoms with Gasteiger partial charge in [0.15, 0.2) is 0 Å². The van der Waals surface area contributed by atoms with E-state index in [9.17, 15) is 19.1 Å². The van der Waals surface area contributed by atoms with Crippen molar-refractivity contribution in [1.82, 2.24) is 15.1 Å². The molecule has 1 saturated heterocycles. The van der Waals surface area contributed by atoms with Crippen molar-refractivity contribution in [3.8, 4) is 0 Å². The highest BCUT2D eigenvalue weighted by Gasteiger charge is 2.31. The van der Waals surface area contributed by atoms with Crippen molar-refractivity contribution in [3.05, 3.63) is 63.6 Å². The van der Waals surface area contributed by atoms with Crippen LogP contribution in [0.25, 0.3) is 0 Å². The number of aliphatic carboxylic acids is 1. The Bertz CT molecular complexity index is 1230. The van der Waals surface area contributed by atoms with Crippen LogP contribution in [0.2, 0.25) is 0 Å². The smallest absolute Gasteiger partial charge is 0.306 e. The van der Waals surface area contributed by atoms with Gasteiger partial charge in [0.25, 0.3) is 5.91 Å². The molecule has 0 bridgehead atoms. The highest BCUT2D eigenvalue weighted by molar-refractivity contribution is 7.15. The van der Waals surface area contributed by atoms with Crippen LogP contribution in [0, 0.1) is 17.7 Å². The molecule has 1 aromatic carbocycles. The zero-order valence-electron chi connectivity index (χ0n) is 22.3. The van der Waals surface area contributed by atoms with E-state index in [2.05, 4.69) is 35.0 Å². The summed E-state index contributed by atoms with van der Waals surface area (Å²) in [6, 6.07) is 5.96. The van der Waals surface area contributed by atoms with Crippen LogP contribution < -0.4 is 4.90 Å². The SMILES string of the molecule is CCN(C(=O)c1ccccc1F)c1nnc(C2C=C(C)C(OCCN3CCC(C(=O)O)CC3)=C(C)C2C)s1. The Labute approximate surface area is 226 Å². The van der Waals surface area contributed by atoms with Crippen molar-refractivity contribution in [2.45, 2.75) is 46.5 Å². The molecule has 4 rings (SSSR count). The normalized spacial score (nSPS) is 20.8. The van der Waals surface area contributed by atoms with Gasteiger partial charge in [0, 0.05) is 19.0 Å². The standard InChI is InChI=1S/C28H35FN4O4S/c1-5-33(26(34)21-8-6-7-9-23(21)29)28-31-30-25(38-28)22-16-17(2)24(19(4)18(22)3)37-15-14-32-12-10-20(11-13-32)27(35)36/h6-9,16,18,20,22H,5,10-15H2,1-4H3,(H,35,36). The van der Waals surface area contributed by atoms with Gasteiger partial charge in [-0.05, 0) is 75.9 Å². The predicted octanol–water partition coefficient (Wildman–Crippen LogP) is 5.11. The number of piperidine rings is 1. The number of aromatic nitrogens is 2. The van der Waals surface area contributed by atoms with Crippen molar-refractivity contribution in [2.75, 3.05) is 37.7 Å². The predicted molar refractivity (Wildman–Crippen MR) is 145 cm³/mol. The van der Waals surface area contributed by atoms with Crippen molar-refractivity contribution < 1.29 is 23.8 Å². The summed E-state index contributed by atoms with van der Waals surface area (Å²) >= 11 is 1.35. The number of carboxylic acids is 1. The van der Waals surface area contributed by atoms with Gasteiger partial charge in [-0.3, -0.25) is 19.4 Å². The zero-order valence-corrected chi connectivity index (χ0v) is 23.1. The van der Waals surface area contributed by atoms with E-state index < -0.39 is 17.7 Å². The van der Waals surface area contributed by atoms with Gasteiger partial charge in [-0.15, -0.1) is 10.2 Å². The number of hydrogen-bond acceptors (Lipinski definition) is 7. The first kappa shape index (κ1) is 27.9. The van der Waals surface area contributed by atoms with E-state index in [4.69, 9.17) is 4.74 Å². The van der Waals surface area contributed by atoms with Crippen LogP contribution in [0.3, 0.4) is 0 Å². The third-order valence-electron chi connectivity index (χ3n) is 7.57. The van der Waals surface area contributed by atoms with Gasteiger partial charge < -0.3 is 9.84 Å². The average molecular weight is 543 g/mol. The molecule has 0 saturated carbocycles. The third kappa shape index (κ3) is 5.96. The van der Waals surface area contributed by atoms with Gasteiger partial charge in [0.05, 0.1) is 11.5 Å². The molecule has 0 radical (unpaired) electrons. The molecule has 1 aliphatic carbocycles. The van der Waals surface area contributed by atoms with Crippen LogP contribution in [0.4, 0.5) is 9.52 Å². The molecule has 1 aromatic heterocycles. The molecule has 1 N–H and O–H groups in total. The van der Waals surface area contributed by atoms with E-state index in [1.165, 1.54) is 28.4 Å². The summed E-state index contributed by atoms with van der Waals surface area (Å²) < 4.78 is 20.5. The summed E-state index contributed by atoms with van der Waals surface area (Å²) in [7, 11) is 0. The summed E-state index contributed by atoms with van der Waals surface area (Å²) in [5.41, 5.74) is 2.17. The molecule has 2 unspecified atom stereocenters. The lowest BCUT2D eigenvalue weighted by atomic mass is 9.81. The summed E-state index contributed by atoms with van der Waals surface area (Å²) in [5, 5.41) is 19.1. The quantitative estimate of drug-likeness (QED) is 0.470. The Hall–Kier alpha value is -3.11. The fourth-order valence-corrected chi connectivity index (χ4v) is 6.17. The van der Waals surface area contributed by atoms with E-state index in [-0.39, 0.29) is 23.3 Å². The molecule has 2 heterocycles. The lowest BCUT2D eigenvalue weighted by molar-refractivity contribution is -0.143. The maximum atomic E-state index is 14.2. The second-order valence-corrected chi connectivity index (χ2v) is 10.9. The highest BCUT2D eigenvalue weighted by Crippen LogP contribution is 2.42. The molecule has 1 aliphatic heterocycles. The second kappa shape index (κ2) is 12.2. The fourth-order valence-electron chi connectivity index (χ4n) is 5.09. The van der Waals surface area contributed by atoms with Crippen LogP contribution in [-0.4, -0.2) is 64.9 Å². The van der Waals surface area contributed by atoms with Gasteiger partial charge in [-0.2, -0.15) is 0 Å². The number of carbonyl (C=O) groups is 2. The van der Waals surface area contributed by atoms with Gasteiger partial charge in [-0.1, -0.05) is 36.5 Å². The van der Waals surface area contributed by atoms with E-state index in [1.54, 1.807) is 12.1 Å². The third-order valence-corrected chi connectivity index (χ3v) is 8.62. The first-order valence-electron chi connectivity index (χ1n) is 13.1. The Morgan fingerprint density at radius 1 is 1.21 bits per heavy atom. The lowest BCUT2D eigenvalue weighted by Crippen LogP contribution is -2.38. The van der Waals surface area contributed by atoms with Crippen molar-refractivity contribution >= 4 is 28.3 Å². The van der Waals surface area contributed by atoms with Crippen molar-refractivity contribution in [1.29, 1.82) is 0 Å². The molecule has 2 aromatic rings. The number of halogens is 1. The fraction of sp³-hybridized carbons (Fsp3) is 0.500. The summed E-state index contributed by atoms with van der Waals surface area (Å²) in [5.74, 6) is -0.919. The molecule has 8 nitrogen and oxygen atoms in total. The molecule has 0 spiro atoms. The number of rotatable bonds is 9. The van der Waals surface area contributed by atoms with E-state index in [1.807, 2.05) is 13.8 Å². The minimum absolute atomic E-state index is 0.00841. The Morgan fingerprint density at radius 3 is 2.58 bits per heavy atom. The molecule has 1 fully saturated rings. The average Bonchev–Trinajstić information content (AvgIpc) is 3.38. The number of carbonyl (C=O) groups excluding carboxylic acids is 1. The van der Waals surface area contributed by atoms with Crippen LogP contribution in [0.5, 0.6) is 0 Å². The first-order valence-corrected chi connectivity index (χ1v) is 13.9. The van der Waals surface area contributed by atoms with Crippen molar-refractivity contribution in [2.24, 2.45) is 11.8 Å². The molecule has 38 heavy (non-hydrogen) atoms. The van der Waals surface area contributed by atoms with Gasteiger partial charge >= 0.3 is 5.97 Å². The minimum Gasteiger partial charge on any atom is -0.492 e. The van der Waals surface area contributed by atoms with Gasteiger partial charge in [0.2, 0.25) is 5.13 Å². The largest absolute Gasteiger partial charge is 0.492 e. The van der Waals surface area contributed by atoms with Crippen LogP contribution in [0.15, 0.2) is 47.2 Å². The van der Waals surface area contributed by atoms with Crippen LogP contribution in [0.1, 0.15) is 61.8 Å². The zero-order chi connectivity index (χ0) is 27.4. The number of ether oxygens (including phenoxy) is 1. The minimum atomic E-state index is -0.699. The summed E-state index contributed by atoms with van der Waals surface area (Å²) in [6.45, 7) is 11.3. The number of nitrogens with zero attached hydrogens (tertiary/aromatic N) is 4. The van der Waals surface area contributed by atoms with Crippen molar-refractivity contribution in [3.63, 3.8) is 0 Å². The van der Waals surface area contributed by atoms with Gasteiger partial charge in [-0.25, -0.2) is 4.39 Å². The monoisotopic (exact) mass is 542 g/mol. The van der Waals surface area contributed by atoms with E-state index >= 15 is 0 Å². The molecular weight excluding hydrogens is 507 g/mol. The molecular formula is C28H35FN4O4S. The first-order chi connectivity index (χ1) is 18.2. The second-order valence-electron chi connectivity index (χ2n) is 9.93. The number of benzene rings is 1. The van der Waals surface area contributed by atoms with Crippen LogP contribution in [-0.2, 0) is 9.53 Å². The number of allylic oxidation sites excluding steroid dienone is 3. The molecule has 204 valence electrons. The molecule has 2 atom stereocenters. The number of likely N-dealkylation sites (tertiary alicyclic amines) is 1. The Kier molecular flexibility index (Phi) is 8.94. The Morgan fingerprint density at radius 2 is 1.92 bits per heavy atom. The maximum absolute atomic E-state index is 14.2. The number of hydrogen-bond donors (Lipinski definition) is 1.